The first-order chi connectivity index (χ1) is 12.3. The van der Waals surface area contributed by atoms with Gasteiger partial charge in [-0.15, -0.1) is 24.0 Å². The summed E-state index contributed by atoms with van der Waals surface area (Å²) in [6, 6.07) is 8.07. The molecule has 0 amide bonds. The average Bonchev–Trinajstić information content (AvgIpc) is 2.68. The summed E-state index contributed by atoms with van der Waals surface area (Å²) < 4.78 is 16.6. The molecule has 146 valence electrons. The van der Waals surface area contributed by atoms with E-state index in [-0.39, 0.29) is 24.0 Å². The Balaban J connectivity index is 0.00000243. The second kappa shape index (κ2) is 11.6. The highest BCUT2D eigenvalue weighted by Crippen LogP contribution is 2.14. The monoisotopic (exact) mass is 476 g/mol. The van der Waals surface area contributed by atoms with E-state index in [1.54, 1.807) is 0 Å². The van der Waals surface area contributed by atoms with Gasteiger partial charge in [0.25, 0.3) is 0 Å². The van der Waals surface area contributed by atoms with Crippen molar-refractivity contribution in [1.82, 2.24) is 9.80 Å². The number of aliphatic imine (C=N–C) groups is 1. The molecule has 2 heterocycles. The van der Waals surface area contributed by atoms with Gasteiger partial charge in [0.1, 0.15) is 12.4 Å². The van der Waals surface area contributed by atoms with Crippen LogP contribution < -0.4 is 10.5 Å². The minimum absolute atomic E-state index is 0. The number of hydrogen-bond donors (Lipinski definition) is 1. The molecule has 2 fully saturated rings. The Bertz CT molecular complexity index is 561. The normalized spacial score (nSPS) is 19.1. The van der Waals surface area contributed by atoms with Gasteiger partial charge in [0.15, 0.2) is 5.96 Å². The molecule has 26 heavy (non-hydrogen) atoms. The van der Waals surface area contributed by atoms with Crippen LogP contribution >= 0.6 is 24.0 Å². The van der Waals surface area contributed by atoms with Crippen molar-refractivity contribution in [3.05, 3.63) is 29.8 Å². The number of rotatable bonds is 6. The molecule has 0 bridgehead atoms. The second-order valence-corrected chi connectivity index (χ2v) is 6.22. The summed E-state index contributed by atoms with van der Waals surface area (Å²) in [6.45, 7) is 8.81. The molecule has 0 aliphatic carbocycles. The first-order valence-electron chi connectivity index (χ1n) is 8.96. The topological polar surface area (TPSA) is 72.5 Å². The fourth-order valence-electron chi connectivity index (χ4n) is 2.92. The van der Waals surface area contributed by atoms with Crippen LogP contribution in [-0.2, 0) is 16.0 Å². The fourth-order valence-corrected chi connectivity index (χ4v) is 2.92. The van der Waals surface area contributed by atoms with E-state index in [1.807, 2.05) is 24.3 Å². The third-order valence-electron chi connectivity index (χ3n) is 4.44. The van der Waals surface area contributed by atoms with Gasteiger partial charge < -0.3 is 24.8 Å². The average molecular weight is 476 g/mol. The molecule has 0 atom stereocenters. The Morgan fingerprint density at radius 1 is 1.08 bits per heavy atom. The molecule has 8 heteroatoms. The highest BCUT2D eigenvalue weighted by Gasteiger charge is 2.12. The third kappa shape index (κ3) is 6.90. The number of benzene rings is 1. The van der Waals surface area contributed by atoms with Gasteiger partial charge in [-0.3, -0.25) is 4.90 Å². The summed E-state index contributed by atoms with van der Waals surface area (Å²) >= 11 is 0. The molecule has 0 aromatic heterocycles. The zero-order valence-electron chi connectivity index (χ0n) is 15.1. The van der Waals surface area contributed by atoms with Gasteiger partial charge in [0.2, 0.25) is 0 Å². The molecular weight excluding hydrogens is 447 g/mol. The summed E-state index contributed by atoms with van der Waals surface area (Å²) in [7, 11) is 0. The number of halogens is 1. The molecule has 2 aliphatic rings. The van der Waals surface area contributed by atoms with Crippen LogP contribution in [0.1, 0.15) is 5.56 Å². The molecule has 0 unspecified atom stereocenters. The van der Waals surface area contributed by atoms with Crippen LogP contribution in [0.25, 0.3) is 0 Å². The summed E-state index contributed by atoms with van der Waals surface area (Å²) in [6.07, 6.45) is 0. The van der Waals surface area contributed by atoms with E-state index in [2.05, 4.69) is 14.8 Å². The smallest absolute Gasteiger partial charge is 0.191 e. The Hall–Kier alpha value is -1.10. The van der Waals surface area contributed by atoms with Gasteiger partial charge in [-0.25, -0.2) is 4.99 Å². The predicted molar refractivity (Wildman–Crippen MR) is 112 cm³/mol. The molecule has 0 saturated carbocycles. The van der Waals surface area contributed by atoms with Crippen molar-refractivity contribution in [2.75, 3.05) is 65.8 Å². The van der Waals surface area contributed by atoms with Gasteiger partial charge in [-0.05, 0) is 17.7 Å². The zero-order valence-corrected chi connectivity index (χ0v) is 17.5. The van der Waals surface area contributed by atoms with Crippen molar-refractivity contribution < 1.29 is 14.2 Å². The minimum Gasteiger partial charge on any atom is -0.492 e. The summed E-state index contributed by atoms with van der Waals surface area (Å²) in [5, 5.41) is 0. The maximum Gasteiger partial charge on any atom is 0.191 e. The van der Waals surface area contributed by atoms with E-state index in [1.165, 1.54) is 0 Å². The fraction of sp³-hybridized carbons (Fsp3) is 0.611. The Morgan fingerprint density at radius 2 is 1.77 bits per heavy atom. The molecule has 2 aliphatic heterocycles. The highest BCUT2D eigenvalue weighted by atomic mass is 127. The molecule has 2 N–H and O–H groups in total. The van der Waals surface area contributed by atoms with Gasteiger partial charge in [0.05, 0.1) is 33.0 Å². The van der Waals surface area contributed by atoms with Gasteiger partial charge in [-0.1, -0.05) is 12.1 Å². The van der Waals surface area contributed by atoms with Crippen molar-refractivity contribution in [1.29, 1.82) is 0 Å². The van der Waals surface area contributed by atoms with Gasteiger partial charge in [0, 0.05) is 32.7 Å². The summed E-state index contributed by atoms with van der Waals surface area (Å²) in [4.78, 5) is 8.92. The van der Waals surface area contributed by atoms with Crippen molar-refractivity contribution in [2.24, 2.45) is 10.7 Å². The molecule has 3 rings (SSSR count). The van der Waals surface area contributed by atoms with Crippen LogP contribution in [0.4, 0.5) is 0 Å². The molecule has 2 saturated heterocycles. The van der Waals surface area contributed by atoms with Gasteiger partial charge >= 0.3 is 0 Å². The lowest BCUT2D eigenvalue weighted by atomic mass is 10.2. The van der Waals surface area contributed by atoms with Crippen molar-refractivity contribution >= 4 is 29.9 Å². The third-order valence-corrected chi connectivity index (χ3v) is 4.44. The maximum absolute atomic E-state index is 6.07. The Kier molecular flexibility index (Phi) is 9.44. The standard InChI is InChI=1S/C18H28N4O3.HI/c19-18(22-7-11-24-12-8-22)20-15-16-2-1-3-17(14-16)25-13-6-21-4-9-23-10-5-21;/h1-3,14H,4-13,15H2,(H2,19,20);1H. The molecule has 1 aromatic rings. The van der Waals surface area contributed by atoms with Gasteiger partial charge in [-0.2, -0.15) is 0 Å². The van der Waals surface area contributed by atoms with E-state index >= 15 is 0 Å². The Labute approximate surface area is 172 Å². The molecular formula is C18H29IN4O3. The van der Waals surface area contributed by atoms with Crippen LogP contribution in [-0.4, -0.2) is 81.5 Å². The molecule has 1 aromatic carbocycles. The number of hydrogen-bond acceptors (Lipinski definition) is 5. The predicted octanol–water partition coefficient (Wildman–Crippen LogP) is 1.16. The zero-order chi connectivity index (χ0) is 17.3. The van der Waals surface area contributed by atoms with Crippen molar-refractivity contribution in [3.8, 4) is 5.75 Å². The number of morpholine rings is 2. The van der Waals surface area contributed by atoms with E-state index < -0.39 is 0 Å². The van der Waals surface area contributed by atoms with Crippen molar-refractivity contribution in [2.45, 2.75) is 6.54 Å². The second-order valence-electron chi connectivity index (χ2n) is 6.22. The highest BCUT2D eigenvalue weighted by molar-refractivity contribution is 14.0. The number of guanidine groups is 1. The minimum atomic E-state index is 0. The molecule has 0 spiro atoms. The van der Waals surface area contributed by atoms with E-state index in [0.717, 1.165) is 57.3 Å². The first kappa shape index (κ1) is 21.2. The maximum atomic E-state index is 6.07. The van der Waals surface area contributed by atoms with E-state index in [9.17, 15) is 0 Å². The number of ether oxygens (including phenoxy) is 3. The lowest BCUT2D eigenvalue weighted by Gasteiger charge is -2.27. The number of nitrogens with two attached hydrogens (primary N) is 1. The van der Waals surface area contributed by atoms with Crippen molar-refractivity contribution in [3.63, 3.8) is 0 Å². The summed E-state index contributed by atoms with van der Waals surface area (Å²) in [5.41, 5.74) is 7.17. The lowest BCUT2D eigenvalue weighted by molar-refractivity contribution is 0.0322. The van der Waals surface area contributed by atoms with Crippen LogP contribution in [0.15, 0.2) is 29.3 Å². The Morgan fingerprint density at radius 3 is 2.50 bits per heavy atom. The van der Waals surface area contributed by atoms with Crippen LogP contribution in [0.2, 0.25) is 0 Å². The largest absolute Gasteiger partial charge is 0.492 e. The quantitative estimate of drug-likeness (QED) is 0.378. The molecule has 7 nitrogen and oxygen atoms in total. The summed E-state index contributed by atoms with van der Waals surface area (Å²) in [5.74, 6) is 1.47. The van der Waals surface area contributed by atoms with Crippen LogP contribution in [0.3, 0.4) is 0 Å². The lowest BCUT2D eigenvalue weighted by Crippen LogP contribution is -2.44. The SMILES string of the molecule is I.NC(=NCc1cccc(OCCN2CCOCC2)c1)N1CCOCC1. The van der Waals surface area contributed by atoms with Crippen LogP contribution in [0.5, 0.6) is 5.75 Å². The van der Waals surface area contributed by atoms with E-state index in [0.29, 0.717) is 32.3 Å². The van der Waals surface area contributed by atoms with E-state index in [4.69, 9.17) is 19.9 Å². The number of nitrogens with zero attached hydrogens (tertiary/aromatic N) is 3. The first-order valence-corrected chi connectivity index (χ1v) is 8.96. The van der Waals surface area contributed by atoms with Crippen LogP contribution in [0, 0.1) is 0 Å². The molecule has 0 radical (unpaired) electrons.